The second-order valence-corrected chi connectivity index (χ2v) is 10.5. The van der Waals surface area contributed by atoms with Crippen LogP contribution in [0.2, 0.25) is 0 Å². The van der Waals surface area contributed by atoms with E-state index < -0.39 is 0 Å². The first-order chi connectivity index (χ1) is 10.4. The van der Waals surface area contributed by atoms with E-state index in [2.05, 4.69) is 13.8 Å². The van der Waals surface area contributed by atoms with Crippen LogP contribution in [0.3, 0.4) is 0 Å². The van der Waals surface area contributed by atoms with Crippen LogP contribution in [0.1, 0.15) is 40.0 Å². The van der Waals surface area contributed by atoms with Gasteiger partial charge in [0.1, 0.15) is 6.10 Å². The molecule has 122 valence electrons. The zero-order chi connectivity index (χ0) is 15.7. The van der Waals surface area contributed by atoms with Crippen LogP contribution in [0.4, 0.5) is 0 Å². The fourth-order valence-corrected chi connectivity index (χ4v) is 8.26. The van der Waals surface area contributed by atoms with Crippen molar-refractivity contribution in [2.45, 2.75) is 56.3 Å². The quantitative estimate of drug-likeness (QED) is 0.542. The molecule has 4 rings (SSSR count). The van der Waals surface area contributed by atoms with Gasteiger partial charge in [0.15, 0.2) is 0 Å². The molecule has 2 heterocycles. The van der Waals surface area contributed by atoms with Crippen molar-refractivity contribution in [1.29, 1.82) is 0 Å². The molecule has 0 radical (unpaired) electrons. The van der Waals surface area contributed by atoms with Gasteiger partial charge in [0.05, 0.1) is 16.1 Å². The van der Waals surface area contributed by atoms with Crippen molar-refractivity contribution >= 4 is 29.5 Å². The molecule has 1 N–H and O–H groups in total. The first kappa shape index (κ1) is 15.4. The lowest BCUT2D eigenvalue weighted by Gasteiger charge is -2.52. The molecule has 2 aliphatic carbocycles. The summed E-state index contributed by atoms with van der Waals surface area (Å²) in [5, 5.41) is 10.8. The third-order valence-corrected chi connectivity index (χ3v) is 10.2. The summed E-state index contributed by atoms with van der Waals surface area (Å²) in [4.78, 5) is 12.1. The van der Waals surface area contributed by atoms with Crippen LogP contribution in [0, 0.1) is 17.3 Å². The summed E-state index contributed by atoms with van der Waals surface area (Å²) < 4.78 is 5.97. The van der Waals surface area contributed by atoms with E-state index >= 15 is 0 Å². The average Bonchev–Trinajstić information content (AvgIpc) is 3.05. The molecule has 22 heavy (non-hydrogen) atoms. The van der Waals surface area contributed by atoms with E-state index in [-0.39, 0.29) is 39.5 Å². The van der Waals surface area contributed by atoms with Gasteiger partial charge in [0.25, 0.3) is 0 Å². The number of thioether (sulfide) groups is 2. The molecule has 0 unspecified atom stereocenters. The van der Waals surface area contributed by atoms with Gasteiger partial charge < -0.3 is 9.84 Å². The van der Waals surface area contributed by atoms with Crippen molar-refractivity contribution in [2.75, 3.05) is 11.5 Å². The molecule has 3 nitrogen and oxygen atoms in total. The SMILES string of the molecule is CC1=C2[C@H]3OC(=O)[C@@H](C)[C@@H]3C[C@H](O)[C@@]2(C)CCC12SCCS2. The van der Waals surface area contributed by atoms with Crippen molar-refractivity contribution < 1.29 is 14.6 Å². The van der Waals surface area contributed by atoms with E-state index in [1.54, 1.807) is 0 Å². The van der Waals surface area contributed by atoms with Gasteiger partial charge in [-0.25, -0.2) is 0 Å². The monoisotopic (exact) mass is 340 g/mol. The Morgan fingerprint density at radius 2 is 1.95 bits per heavy atom. The maximum atomic E-state index is 12.1. The molecule has 2 saturated heterocycles. The summed E-state index contributed by atoms with van der Waals surface area (Å²) in [6.07, 6.45) is 2.35. The topological polar surface area (TPSA) is 46.5 Å². The van der Waals surface area contributed by atoms with Gasteiger partial charge >= 0.3 is 5.97 Å². The molecule has 0 bridgehead atoms. The summed E-state index contributed by atoms with van der Waals surface area (Å²) >= 11 is 4.10. The lowest BCUT2D eigenvalue weighted by molar-refractivity contribution is -0.143. The standard InChI is InChI=1S/C17H24O3S2/c1-9-11-8-12(18)16(3)4-5-17(21-6-7-22-17)10(2)13(16)14(11)20-15(9)19/h9,11-12,14,18H,4-8H2,1-3H3/t9-,11-,12-,14-,16+/m0/s1. The maximum Gasteiger partial charge on any atom is 0.309 e. The fraction of sp³-hybridized carbons (Fsp3) is 0.824. The number of carbonyl (C=O) groups is 1. The fourth-order valence-electron chi connectivity index (χ4n) is 4.96. The summed E-state index contributed by atoms with van der Waals surface area (Å²) in [6, 6.07) is 0. The van der Waals surface area contributed by atoms with Gasteiger partial charge in [-0.15, -0.1) is 23.5 Å². The summed E-state index contributed by atoms with van der Waals surface area (Å²) in [6.45, 7) is 6.36. The van der Waals surface area contributed by atoms with Crippen molar-refractivity contribution in [2.24, 2.45) is 17.3 Å². The average molecular weight is 341 g/mol. The summed E-state index contributed by atoms with van der Waals surface area (Å²) in [5.41, 5.74) is 2.41. The number of ether oxygens (including phenoxy) is 1. The highest BCUT2D eigenvalue weighted by Gasteiger charge is 2.60. The number of hydrogen-bond donors (Lipinski definition) is 1. The molecule has 3 fully saturated rings. The number of hydrogen-bond acceptors (Lipinski definition) is 5. The first-order valence-corrected chi connectivity index (χ1v) is 10.2. The van der Waals surface area contributed by atoms with Gasteiger partial charge in [0.2, 0.25) is 0 Å². The molecule has 0 aromatic rings. The minimum absolute atomic E-state index is 0.0851. The Morgan fingerprint density at radius 1 is 1.27 bits per heavy atom. The highest BCUT2D eigenvalue weighted by molar-refractivity contribution is 8.21. The number of aliphatic hydroxyl groups excluding tert-OH is 1. The normalized spacial score (nSPS) is 46.6. The zero-order valence-electron chi connectivity index (χ0n) is 13.4. The van der Waals surface area contributed by atoms with E-state index in [9.17, 15) is 9.90 Å². The summed E-state index contributed by atoms with van der Waals surface area (Å²) in [7, 11) is 0. The summed E-state index contributed by atoms with van der Waals surface area (Å²) in [5.74, 6) is 2.36. The highest BCUT2D eigenvalue weighted by atomic mass is 32.2. The molecule has 1 saturated carbocycles. The third kappa shape index (κ3) is 1.85. The Hall–Kier alpha value is -0.130. The molecule has 5 heteroatoms. The first-order valence-electron chi connectivity index (χ1n) is 8.27. The molecule has 0 aromatic heterocycles. The van der Waals surface area contributed by atoms with Crippen molar-refractivity contribution in [3.8, 4) is 0 Å². The molecule has 2 aliphatic heterocycles. The molecular weight excluding hydrogens is 316 g/mol. The van der Waals surface area contributed by atoms with E-state index in [0.29, 0.717) is 6.42 Å². The van der Waals surface area contributed by atoms with Gasteiger partial charge in [-0.3, -0.25) is 4.79 Å². The highest BCUT2D eigenvalue weighted by Crippen LogP contribution is 2.63. The second-order valence-electron chi connectivity index (χ2n) is 7.47. The van der Waals surface area contributed by atoms with Crippen LogP contribution in [-0.2, 0) is 9.53 Å². The van der Waals surface area contributed by atoms with Crippen molar-refractivity contribution in [3.05, 3.63) is 11.1 Å². The van der Waals surface area contributed by atoms with E-state index in [1.165, 1.54) is 22.7 Å². The van der Waals surface area contributed by atoms with Gasteiger partial charge in [-0.1, -0.05) is 13.8 Å². The largest absolute Gasteiger partial charge is 0.457 e. The number of rotatable bonds is 0. The van der Waals surface area contributed by atoms with Crippen LogP contribution in [0.5, 0.6) is 0 Å². The molecule has 1 spiro atoms. The minimum atomic E-state index is -0.357. The van der Waals surface area contributed by atoms with Crippen LogP contribution in [0.15, 0.2) is 11.1 Å². The lowest BCUT2D eigenvalue weighted by atomic mass is 9.58. The van der Waals surface area contributed by atoms with Crippen LogP contribution < -0.4 is 0 Å². The van der Waals surface area contributed by atoms with Crippen LogP contribution >= 0.6 is 23.5 Å². The molecular formula is C17H24O3S2. The zero-order valence-corrected chi connectivity index (χ0v) is 15.1. The Balaban J connectivity index is 1.85. The van der Waals surface area contributed by atoms with E-state index in [0.717, 1.165) is 12.8 Å². The number of aliphatic hydroxyl groups is 1. The smallest absolute Gasteiger partial charge is 0.309 e. The Bertz CT molecular complexity index is 552. The van der Waals surface area contributed by atoms with Crippen LogP contribution in [0.25, 0.3) is 0 Å². The Kier molecular flexibility index (Phi) is 3.45. The van der Waals surface area contributed by atoms with Crippen molar-refractivity contribution in [3.63, 3.8) is 0 Å². The van der Waals surface area contributed by atoms with Crippen molar-refractivity contribution in [1.82, 2.24) is 0 Å². The van der Waals surface area contributed by atoms with Gasteiger partial charge in [0, 0.05) is 22.8 Å². The third-order valence-electron chi connectivity index (χ3n) is 6.48. The number of esters is 1. The van der Waals surface area contributed by atoms with Gasteiger partial charge in [-0.2, -0.15) is 0 Å². The van der Waals surface area contributed by atoms with Crippen LogP contribution in [-0.4, -0.2) is 38.9 Å². The maximum absolute atomic E-state index is 12.1. The lowest BCUT2D eigenvalue weighted by Crippen LogP contribution is -2.51. The Labute approximate surface area is 140 Å². The second kappa shape index (κ2) is 4.93. The van der Waals surface area contributed by atoms with E-state index in [1.807, 2.05) is 30.4 Å². The molecule has 4 aliphatic rings. The van der Waals surface area contributed by atoms with Gasteiger partial charge in [-0.05, 0) is 37.3 Å². The minimum Gasteiger partial charge on any atom is -0.457 e. The molecule has 0 amide bonds. The molecule has 5 atom stereocenters. The number of fused-ring (bicyclic) bond motifs is 3. The molecule has 0 aromatic carbocycles. The predicted octanol–water partition coefficient (Wildman–Crippen LogP) is 3.22. The predicted molar refractivity (Wildman–Crippen MR) is 90.8 cm³/mol. The number of carbonyl (C=O) groups excluding carboxylic acids is 1. The Morgan fingerprint density at radius 3 is 2.64 bits per heavy atom. The van der Waals surface area contributed by atoms with E-state index in [4.69, 9.17) is 4.74 Å².